The number of nitrogens with one attached hydrogen (secondary N) is 1. The Morgan fingerprint density at radius 1 is 1.07 bits per heavy atom. The minimum absolute atomic E-state index is 0.116. The summed E-state index contributed by atoms with van der Waals surface area (Å²) in [6, 6.07) is 10.1. The van der Waals surface area contributed by atoms with Crippen LogP contribution in [0.15, 0.2) is 42.5 Å². The van der Waals surface area contributed by atoms with Gasteiger partial charge < -0.3 is 19.7 Å². The van der Waals surface area contributed by atoms with E-state index >= 15 is 0 Å². The molecule has 0 radical (unpaired) electrons. The van der Waals surface area contributed by atoms with Crippen molar-refractivity contribution in [2.45, 2.75) is 26.4 Å². The van der Waals surface area contributed by atoms with Crippen LogP contribution in [-0.4, -0.2) is 43.0 Å². The predicted octanol–water partition coefficient (Wildman–Crippen LogP) is 3.01. The van der Waals surface area contributed by atoms with Crippen molar-refractivity contribution in [3.63, 3.8) is 0 Å². The first-order valence-corrected chi connectivity index (χ1v) is 9.55. The smallest absolute Gasteiger partial charge is 0.251 e. The highest BCUT2D eigenvalue weighted by Gasteiger charge is 2.27. The van der Waals surface area contributed by atoms with Crippen molar-refractivity contribution in [3.8, 4) is 11.5 Å². The van der Waals surface area contributed by atoms with Crippen LogP contribution in [0.2, 0.25) is 0 Å². The molecule has 1 aliphatic rings. The fourth-order valence-electron chi connectivity index (χ4n) is 3.11. The maximum absolute atomic E-state index is 13.1. The molecule has 0 spiro atoms. The Hall–Kier alpha value is -3.09. The second kappa shape index (κ2) is 8.94. The third-order valence-corrected chi connectivity index (χ3v) is 4.73. The normalized spacial score (nSPS) is 13.7. The van der Waals surface area contributed by atoms with Gasteiger partial charge in [-0.15, -0.1) is 0 Å². The summed E-state index contributed by atoms with van der Waals surface area (Å²) in [6.45, 7) is 5.12. The molecule has 1 unspecified atom stereocenters. The molecule has 1 atom stereocenters. The zero-order chi connectivity index (χ0) is 21.0. The van der Waals surface area contributed by atoms with Gasteiger partial charge in [-0.3, -0.25) is 9.59 Å². The summed E-state index contributed by atoms with van der Waals surface area (Å²) in [5.74, 6) is 0.210. The highest BCUT2D eigenvalue weighted by molar-refractivity contribution is 5.97. The van der Waals surface area contributed by atoms with Crippen molar-refractivity contribution in [2.24, 2.45) is 5.92 Å². The van der Waals surface area contributed by atoms with Gasteiger partial charge in [0, 0.05) is 19.2 Å². The quantitative estimate of drug-likeness (QED) is 0.810. The van der Waals surface area contributed by atoms with E-state index in [4.69, 9.17) is 9.47 Å². The van der Waals surface area contributed by atoms with Crippen LogP contribution in [0.1, 0.15) is 29.8 Å². The summed E-state index contributed by atoms with van der Waals surface area (Å²) in [4.78, 5) is 27.0. The number of fused-ring (bicyclic) bond motifs is 1. The monoisotopic (exact) mass is 400 g/mol. The highest BCUT2D eigenvalue weighted by atomic mass is 19.1. The number of hydrogen-bond acceptors (Lipinski definition) is 4. The Morgan fingerprint density at radius 2 is 1.72 bits per heavy atom. The molecule has 1 heterocycles. The van der Waals surface area contributed by atoms with Crippen LogP contribution in [0, 0.1) is 11.7 Å². The van der Waals surface area contributed by atoms with E-state index in [0.717, 1.165) is 5.56 Å². The van der Waals surface area contributed by atoms with E-state index in [9.17, 15) is 14.0 Å². The lowest BCUT2D eigenvalue weighted by atomic mass is 10.0. The van der Waals surface area contributed by atoms with Crippen LogP contribution in [-0.2, 0) is 11.3 Å². The SMILES string of the molecule is CC(C)C(NC(=O)c1ccc(F)cc1)C(=O)N(C)Cc1ccc2c(c1)OCCO2. The Bertz CT molecular complexity index is 883. The number of carbonyl (C=O) groups is 2. The Labute approximate surface area is 169 Å². The molecule has 0 saturated carbocycles. The molecular weight excluding hydrogens is 375 g/mol. The molecule has 0 saturated heterocycles. The molecule has 3 rings (SSSR count). The van der Waals surface area contributed by atoms with Gasteiger partial charge in [0.15, 0.2) is 11.5 Å². The van der Waals surface area contributed by atoms with E-state index in [1.54, 1.807) is 11.9 Å². The number of benzene rings is 2. The van der Waals surface area contributed by atoms with E-state index in [0.29, 0.717) is 36.8 Å². The second-order valence-electron chi connectivity index (χ2n) is 7.37. The maximum Gasteiger partial charge on any atom is 0.251 e. The van der Waals surface area contributed by atoms with Gasteiger partial charge in [-0.25, -0.2) is 4.39 Å². The number of likely N-dealkylation sites (N-methyl/N-ethyl adjacent to an activating group) is 1. The van der Waals surface area contributed by atoms with Gasteiger partial charge in [0.1, 0.15) is 25.1 Å². The van der Waals surface area contributed by atoms with Gasteiger partial charge in [-0.1, -0.05) is 19.9 Å². The molecule has 29 heavy (non-hydrogen) atoms. The molecule has 0 fully saturated rings. The summed E-state index contributed by atoms with van der Waals surface area (Å²) in [5, 5.41) is 2.77. The topological polar surface area (TPSA) is 67.9 Å². The molecule has 2 aromatic rings. The summed E-state index contributed by atoms with van der Waals surface area (Å²) in [6.07, 6.45) is 0. The highest BCUT2D eigenvalue weighted by Crippen LogP contribution is 2.31. The molecule has 154 valence electrons. The summed E-state index contributed by atoms with van der Waals surface area (Å²) < 4.78 is 24.2. The zero-order valence-corrected chi connectivity index (χ0v) is 16.8. The minimum atomic E-state index is -0.699. The van der Waals surface area contributed by atoms with Crippen molar-refractivity contribution in [1.29, 1.82) is 0 Å². The lowest BCUT2D eigenvalue weighted by Crippen LogP contribution is -2.50. The standard InChI is InChI=1S/C22H25FN2O4/c1-14(2)20(24-21(26)16-5-7-17(23)8-6-16)22(27)25(3)13-15-4-9-18-19(12-15)29-11-10-28-18/h4-9,12,14,20H,10-11,13H2,1-3H3,(H,24,26). The Morgan fingerprint density at radius 3 is 2.38 bits per heavy atom. The average Bonchev–Trinajstić information content (AvgIpc) is 2.71. The van der Waals surface area contributed by atoms with Crippen molar-refractivity contribution < 1.29 is 23.5 Å². The van der Waals surface area contributed by atoms with Gasteiger partial charge in [-0.05, 0) is 47.9 Å². The molecule has 0 bridgehead atoms. The van der Waals surface area contributed by atoms with Gasteiger partial charge in [0.05, 0.1) is 0 Å². The van der Waals surface area contributed by atoms with Crippen LogP contribution in [0.25, 0.3) is 0 Å². The van der Waals surface area contributed by atoms with Crippen LogP contribution < -0.4 is 14.8 Å². The molecule has 7 heteroatoms. The number of carbonyl (C=O) groups excluding carboxylic acids is 2. The Balaban J connectivity index is 1.68. The van der Waals surface area contributed by atoms with Crippen molar-refractivity contribution in [2.75, 3.05) is 20.3 Å². The molecule has 1 N–H and O–H groups in total. The lowest BCUT2D eigenvalue weighted by molar-refractivity contribution is -0.133. The minimum Gasteiger partial charge on any atom is -0.486 e. The van der Waals surface area contributed by atoms with Crippen molar-refractivity contribution in [3.05, 3.63) is 59.4 Å². The van der Waals surface area contributed by atoms with Crippen LogP contribution in [0.5, 0.6) is 11.5 Å². The Kier molecular flexibility index (Phi) is 6.36. The van der Waals surface area contributed by atoms with E-state index < -0.39 is 17.8 Å². The third kappa shape index (κ3) is 5.04. The van der Waals surface area contributed by atoms with Gasteiger partial charge in [0.2, 0.25) is 5.91 Å². The van der Waals surface area contributed by atoms with E-state index in [2.05, 4.69) is 5.32 Å². The van der Waals surface area contributed by atoms with E-state index in [1.807, 2.05) is 32.0 Å². The second-order valence-corrected chi connectivity index (χ2v) is 7.37. The molecule has 0 aromatic heterocycles. The first-order valence-electron chi connectivity index (χ1n) is 9.55. The largest absolute Gasteiger partial charge is 0.486 e. The summed E-state index contributed by atoms with van der Waals surface area (Å²) in [7, 11) is 1.69. The maximum atomic E-state index is 13.1. The molecule has 0 aliphatic carbocycles. The number of rotatable bonds is 6. The number of nitrogens with zero attached hydrogens (tertiary/aromatic N) is 1. The average molecular weight is 400 g/mol. The van der Waals surface area contributed by atoms with Gasteiger partial charge >= 0.3 is 0 Å². The molecular formula is C22H25FN2O4. The van der Waals surface area contributed by atoms with E-state index in [-0.39, 0.29) is 11.8 Å². The first kappa shape index (κ1) is 20.6. The number of hydrogen-bond donors (Lipinski definition) is 1. The van der Waals surface area contributed by atoms with Crippen LogP contribution in [0.3, 0.4) is 0 Å². The number of amides is 2. The molecule has 2 aromatic carbocycles. The van der Waals surface area contributed by atoms with Gasteiger partial charge in [-0.2, -0.15) is 0 Å². The van der Waals surface area contributed by atoms with Crippen molar-refractivity contribution in [1.82, 2.24) is 10.2 Å². The predicted molar refractivity (Wildman–Crippen MR) is 106 cm³/mol. The summed E-state index contributed by atoms with van der Waals surface area (Å²) >= 11 is 0. The first-order chi connectivity index (χ1) is 13.8. The zero-order valence-electron chi connectivity index (χ0n) is 16.8. The molecule has 2 amide bonds. The number of halogens is 1. The summed E-state index contributed by atoms with van der Waals surface area (Å²) in [5.41, 5.74) is 1.21. The van der Waals surface area contributed by atoms with Gasteiger partial charge in [0.25, 0.3) is 5.91 Å². The molecule has 1 aliphatic heterocycles. The lowest BCUT2D eigenvalue weighted by Gasteiger charge is -2.27. The molecule has 6 nitrogen and oxygen atoms in total. The van der Waals surface area contributed by atoms with Crippen LogP contribution in [0.4, 0.5) is 4.39 Å². The van der Waals surface area contributed by atoms with Crippen molar-refractivity contribution >= 4 is 11.8 Å². The van der Waals surface area contributed by atoms with E-state index in [1.165, 1.54) is 24.3 Å². The fourth-order valence-corrected chi connectivity index (χ4v) is 3.11. The number of ether oxygens (including phenoxy) is 2. The third-order valence-electron chi connectivity index (χ3n) is 4.73. The van der Waals surface area contributed by atoms with Crippen LogP contribution >= 0.6 is 0 Å². The fraction of sp³-hybridized carbons (Fsp3) is 0.364.